The van der Waals surface area contributed by atoms with E-state index in [-0.39, 0.29) is 59.4 Å². The molecule has 1 aromatic heterocycles. The van der Waals surface area contributed by atoms with Gasteiger partial charge in [0.1, 0.15) is 47.0 Å². The minimum absolute atomic E-state index is 0.00300. The van der Waals surface area contributed by atoms with E-state index in [0.717, 1.165) is 23.1 Å². The Morgan fingerprint density at radius 2 is 1.75 bits per heavy atom. The van der Waals surface area contributed by atoms with Gasteiger partial charge in [0.2, 0.25) is 12.1 Å². The van der Waals surface area contributed by atoms with Crippen LogP contribution in [0.5, 0.6) is 17.2 Å². The molecule has 6 rings (SSSR count). The first-order valence-corrected chi connectivity index (χ1v) is 18.7. The second kappa shape index (κ2) is 17.3. The standard InChI is InChI=1S/C40H46N6O14/c1-17-10-20-31(34(53)29(17)22(7-9-47)45-39(42)43-2)35(54)32-24(12-23(58-3)21(15-48)30(32)33(20)52)59-38-36(55)37(56)40(57,25(16-49)60-38)13-19(18-6-8-44-26(41)11-18)14-46-27(50)4-5-28(46)51/h4-6,8,10-12,19,22,25,36-38,47-49,53,55-57H,7,9,13-16H2,1-3H3,(H2,41,44)(H3,42,43,45). The van der Waals surface area contributed by atoms with Crippen LogP contribution in [-0.4, -0.2) is 139 Å². The highest BCUT2D eigenvalue weighted by atomic mass is 16.7. The van der Waals surface area contributed by atoms with Crippen molar-refractivity contribution in [3.63, 3.8) is 0 Å². The summed E-state index contributed by atoms with van der Waals surface area (Å²) in [4.78, 5) is 62.8. The van der Waals surface area contributed by atoms with Crippen LogP contribution in [0, 0.1) is 6.92 Å². The maximum atomic E-state index is 14.6. The lowest BCUT2D eigenvalue weighted by Gasteiger charge is -2.49. The number of phenols is 1. The first-order chi connectivity index (χ1) is 28.5. The number of carbonyl (C=O) groups is 4. The third-order valence-corrected chi connectivity index (χ3v) is 11.1. The number of rotatable bonds is 14. The van der Waals surface area contributed by atoms with E-state index in [1.54, 1.807) is 6.92 Å². The zero-order chi connectivity index (χ0) is 43.8. The summed E-state index contributed by atoms with van der Waals surface area (Å²) in [6.45, 7) is -0.883. The van der Waals surface area contributed by atoms with Crippen molar-refractivity contribution >= 4 is 35.2 Å². The number of nitrogens with zero attached hydrogens (tertiary/aromatic N) is 3. The molecule has 7 atom stereocenters. The summed E-state index contributed by atoms with van der Waals surface area (Å²) in [7, 11) is 2.64. The zero-order valence-electron chi connectivity index (χ0n) is 32.7. The Balaban J connectivity index is 1.40. The number of amides is 2. The summed E-state index contributed by atoms with van der Waals surface area (Å²) in [6, 6.07) is 4.57. The second-order valence-corrected chi connectivity index (χ2v) is 14.6. The lowest BCUT2D eigenvalue weighted by atomic mass is 9.75. The number of hydrogen-bond donors (Lipinski definition) is 10. The molecule has 12 N–H and O–H groups in total. The summed E-state index contributed by atoms with van der Waals surface area (Å²) < 4.78 is 17.4. The number of pyridine rings is 1. The topological polar surface area (TPSA) is 330 Å². The molecule has 7 unspecified atom stereocenters. The molecule has 0 spiro atoms. The fourth-order valence-electron chi connectivity index (χ4n) is 8.07. The van der Waals surface area contributed by atoms with Crippen LogP contribution >= 0.6 is 0 Å². The van der Waals surface area contributed by atoms with Gasteiger partial charge in [0, 0.05) is 72.8 Å². The van der Waals surface area contributed by atoms with Crippen LogP contribution in [0.2, 0.25) is 0 Å². The number of hydrogen-bond acceptors (Lipinski definition) is 17. The van der Waals surface area contributed by atoms with Crippen molar-refractivity contribution in [2.45, 2.75) is 68.5 Å². The summed E-state index contributed by atoms with van der Waals surface area (Å²) in [5, 5.41) is 80.8. The number of benzene rings is 2. The van der Waals surface area contributed by atoms with Gasteiger partial charge in [-0.2, -0.15) is 0 Å². The van der Waals surface area contributed by atoms with Crippen molar-refractivity contribution in [1.29, 1.82) is 0 Å². The zero-order valence-corrected chi connectivity index (χ0v) is 32.7. The van der Waals surface area contributed by atoms with Gasteiger partial charge in [0.05, 0.1) is 37.5 Å². The van der Waals surface area contributed by atoms with Gasteiger partial charge in [-0.3, -0.25) is 29.1 Å². The highest BCUT2D eigenvalue weighted by Crippen LogP contribution is 2.47. The van der Waals surface area contributed by atoms with Crippen LogP contribution in [0.15, 0.2) is 47.6 Å². The summed E-state index contributed by atoms with van der Waals surface area (Å²) in [5.41, 5.74) is 8.53. The number of fused-ring (bicyclic) bond motifs is 2. The highest BCUT2D eigenvalue weighted by molar-refractivity contribution is 6.31. The number of ether oxygens (including phenoxy) is 3. The summed E-state index contributed by atoms with van der Waals surface area (Å²) >= 11 is 0. The van der Waals surface area contributed by atoms with Gasteiger partial charge in [-0.05, 0) is 49.1 Å². The number of aromatic hydroxyl groups is 1. The van der Waals surface area contributed by atoms with Gasteiger partial charge in [-0.25, -0.2) is 4.98 Å². The molecule has 0 bridgehead atoms. The molecule has 2 aliphatic heterocycles. The van der Waals surface area contributed by atoms with Gasteiger partial charge in [0.25, 0.3) is 11.8 Å². The molecule has 3 aromatic rings. The Hall–Kier alpha value is -6.00. The second-order valence-electron chi connectivity index (χ2n) is 14.6. The number of guanidine groups is 1. The lowest BCUT2D eigenvalue weighted by molar-refractivity contribution is -0.315. The van der Waals surface area contributed by atoms with Crippen molar-refractivity contribution in [2.24, 2.45) is 10.7 Å². The summed E-state index contributed by atoms with van der Waals surface area (Å²) in [6.07, 6.45) is -5.04. The van der Waals surface area contributed by atoms with E-state index in [2.05, 4.69) is 15.3 Å². The Bertz CT molecular complexity index is 2260. The lowest BCUT2D eigenvalue weighted by Crippen LogP contribution is -2.68. The van der Waals surface area contributed by atoms with E-state index in [4.69, 9.17) is 25.7 Å². The van der Waals surface area contributed by atoms with Crippen LogP contribution in [0.1, 0.15) is 78.9 Å². The number of aromatic nitrogens is 1. The van der Waals surface area contributed by atoms with Gasteiger partial charge < -0.3 is 66.7 Å². The van der Waals surface area contributed by atoms with Crippen molar-refractivity contribution in [2.75, 3.05) is 39.6 Å². The molecular weight excluding hydrogens is 788 g/mol. The van der Waals surface area contributed by atoms with Crippen molar-refractivity contribution < 1.29 is 69.1 Å². The molecule has 3 heterocycles. The van der Waals surface area contributed by atoms with E-state index < -0.39 is 108 Å². The third-order valence-electron chi connectivity index (χ3n) is 11.1. The number of aliphatic imine (C=N–C) groups is 1. The van der Waals surface area contributed by atoms with Gasteiger partial charge in [0.15, 0.2) is 11.7 Å². The largest absolute Gasteiger partial charge is 0.507 e. The van der Waals surface area contributed by atoms with Crippen molar-refractivity contribution in [3.05, 3.63) is 87.1 Å². The van der Waals surface area contributed by atoms with Crippen molar-refractivity contribution in [3.8, 4) is 17.2 Å². The maximum absolute atomic E-state index is 14.6. The minimum Gasteiger partial charge on any atom is -0.507 e. The molecular formula is C40H46N6O14. The smallest absolute Gasteiger partial charge is 0.253 e. The molecule has 320 valence electrons. The molecule has 1 saturated heterocycles. The number of nitrogens with one attached hydrogen (secondary N) is 1. The minimum atomic E-state index is -2.50. The number of anilines is 1. The SMILES string of the molecule is CN=C(N)NC(CCO)c1c(C)cc2c(c1O)C(=O)c1c(OC3OC(CO)C(O)(CC(CN4C(=O)C=CC4=O)c4ccnc(N)c4)C(O)C3O)cc(OC)c(CO)c1C2=O. The van der Waals surface area contributed by atoms with Gasteiger partial charge in [-0.15, -0.1) is 0 Å². The van der Waals surface area contributed by atoms with Crippen LogP contribution in [0.3, 0.4) is 0 Å². The van der Waals surface area contributed by atoms with E-state index in [1.165, 1.54) is 38.6 Å². The number of phenolic OH excluding ortho intramolecular Hbond substituents is 1. The molecule has 0 saturated carbocycles. The molecule has 1 aliphatic carbocycles. The first-order valence-electron chi connectivity index (χ1n) is 18.7. The van der Waals surface area contributed by atoms with Crippen molar-refractivity contribution in [1.82, 2.24) is 15.2 Å². The van der Waals surface area contributed by atoms with Crippen LogP contribution in [-0.2, 0) is 20.9 Å². The maximum Gasteiger partial charge on any atom is 0.253 e. The number of carbonyl (C=O) groups excluding carboxylic acids is 4. The van der Waals surface area contributed by atoms with Crippen LogP contribution in [0.25, 0.3) is 0 Å². The van der Waals surface area contributed by atoms with E-state index in [0.29, 0.717) is 11.1 Å². The average molecular weight is 835 g/mol. The monoisotopic (exact) mass is 834 g/mol. The molecule has 60 heavy (non-hydrogen) atoms. The van der Waals surface area contributed by atoms with Crippen LogP contribution < -0.4 is 26.3 Å². The molecule has 20 heteroatoms. The molecule has 20 nitrogen and oxygen atoms in total. The van der Waals surface area contributed by atoms with E-state index in [9.17, 15) is 54.9 Å². The molecule has 2 aromatic carbocycles. The normalized spacial score (nSPS) is 23.7. The Morgan fingerprint density at radius 1 is 1.05 bits per heavy atom. The number of ketones is 2. The number of imide groups is 1. The number of aliphatic hydroxyl groups excluding tert-OH is 5. The fourth-order valence-corrected chi connectivity index (χ4v) is 8.07. The number of nitrogen functional groups attached to an aromatic ring is 1. The highest BCUT2D eigenvalue weighted by Gasteiger charge is 2.57. The summed E-state index contributed by atoms with van der Waals surface area (Å²) in [5.74, 6) is -5.22. The third kappa shape index (κ3) is 7.65. The fraction of sp³-hybridized carbons (Fsp3) is 0.400. The Labute approximate surface area is 342 Å². The van der Waals surface area contributed by atoms with E-state index >= 15 is 0 Å². The van der Waals surface area contributed by atoms with Gasteiger partial charge in [-0.1, -0.05) is 0 Å². The predicted molar refractivity (Wildman–Crippen MR) is 209 cm³/mol. The van der Waals surface area contributed by atoms with Crippen LogP contribution in [0.4, 0.5) is 5.82 Å². The van der Waals surface area contributed by atoms with Gasteiger partial charge >= 0.3 is 0 Å². The first kappa shape index (κ1) is 43.6. The Kier molecular flexibility index (Phi) is 12.6. The van der Waals surface area contributed by atoms with E-state index in [1.807, 2.05) is 0 Å². The Morgan fingerprint density at radius 3 is 2.35 bits per heavy atom. The molecule has 0 radical (unpaired) electrons. The molecule has 2 amide bonds. The quantitative estimate of drug-likeness (QED) is 0.0395. The molecule has 1 fully saturated rings. The number of aliphatic hydroxyl groups is 6. The number of aryl methyl sites for hydroxylation is 1. The molecule has 3 aliphatic rings. The predicted octanol–water partition coefficient (Wildman–Crippen LogP) is -1.44. The number of nitrogens with two attached hydrogens (primary N) is 2. The number of methoxy groups -OCH3 is 1. The average Bonchev–Trinajstić information content (AvgIpc) is 3.54.